The fourth-order valence-corrected chi connectivity index (χ4v) is 3.17. The molecule has 5 nitrogen and oxygen atoms in total. The van der Waals surface area contributed by atoms with Gasteiger partial charge in [0, 0.05) is 25.7 Å². The van der Waals surface area contributed by atoms with E-state index in [1.807, 2.05) is 24.3 Å². The van der Waals surface area contributed by atoms with Crippen LogP contribution in [-0.2, 0) is 16.6 Å². The van der Waals surface area contributed by atoms with E-state index in [0.717, 1.165) is 5.56 Å². The monoisotopic (exact) mass is 286 g/mol. The number of methoxy groups -OCH3 is 1. The second-order valence-corrected chi connectivity index (χ2v) is 6.94. The van der Waals surface area contributed by atoms with E-state index in [4.69, 9.17) is 4.74 Å². The predicted octanol–water partition coefficient (Wildman–Crippen LogP) is 1.06. The lowest BCUT2D eigenvalue weighted by atomic mass is 10.2. The molecule has 0 radical (unpaired) electrons. The number of benzene rings is 1. The number of hydrogen-bond donors (Lipinski definition) is 1. The molecule has 108 valence electrons. The summed E-state index contributed by atoms with van der Waals surface area (Å²) < 4.78 is 31.1. The number of rotatable bonds is 7. The Kier molecular flexibility index (Phi) is 5.78. The number of para-hydroxylation sites is 1. The molecule has 0 saturated carbocycles. The van der Waals surface area contributed by atoms with Gasteiger partial charge in [-0.3, -0.25) is 0 Å². The maximum atomic E-state index is 12.3. The molecule has 1 aromatic rings. The first-order chi connectivity index (χ1) is 8.93. The van der Waals surface area contributed by atoms with Crippen LogP contribution < -0.4 is 10.1 Å². The first-order valence-electron chi connectivity index (χ1n) is 6.15. The molecule has 0 saturated heterocycles. The fourth-order valence-electron chi connectivity index (χ4n) is 1.86. The summed E-state index contributed by atoms with van der Waals surface area (Å²) in [4.78, 5) is 0. The van der Waals surface area contributed by atoms with Gasteiger partial charge in [0.05, 0.1) is 12.4 Å². The fraction of sp³-hybridized carbons (Fsp3) is 0.538. The van der Waals surface area contributed by atoms with Gasteiger partial charge in [-0.1, -0.05) is 18.2 Å². The topological polar surface area (TPSA) is 58.6 Å². The normalized spacial score (nSPS) is 13.5. The van der Waals surface area contributed by atoms with Gasteiger partial charge in [-0.05, 0) is 20.0 Å². The van der Waals surface area contributed by atoms with E-state index in [9.17, 15) is 8.42 Å². The maximum Gasteiger partial charge on any atom is 0.218 e. The number of nitrogens with one attached hydrogen (secondary N) is 1. The summed E-state index contributed by atoms with van der Waals surface area (Å²) in [6.45, 7) is 2.43. The standard InChI is InChI=1S/C13H22N2O3S/c1-11(9-14-2)19(16,17)15(3)10-12-7-5-6-8-13(12)18-4/h5-8,11,14H,9-10H2,1-4H3. The van der Waals surface area contributed by atoms with E-state index < -0.39 is 15.3 Å². The van der Waals surface area contributed by atoms with E-state index in [1.54, 1.807) is 28.1 Å². The molecule has 19 heavy (non-hydrogen) atoms. The zero-order valence-corrected chi connectivity index (χ0v) is 12.7. The van der Waals surface area contributed by atoms with Gasteiger partial charge in [0.15, 0.2) is 0 Å². The van der Waals surface area contributed by atoms with Gasteiger partial charge < -0.3 is 10.1 Å². The van der Waals surface area contributed by atoms with Crippen molar-refractivity contribution in [1.82, 2.24) is 9.62 Å². The molecular weight excluding hydrogens is 264 g/mol. The van der Waals surface area contributed by atoms with Crippen molar-refractivity contribution in [2.45, 2.75) is 18.7 Å². The molecule has 0 heterocycles. The third-order valence-corrected chi connectivity index (χ3v) is 5.20. The van der Waals surface area contributed by atoms with Crippen LogP contribution in [0.1, 0.15) is 12.5 Å². The van der Waals surface area contributed by atoms with Crippen molar-refractivity contribution in [2.24, 2.45) is 0 Å². The Hall–Kier alpha value is -1.11. The minimum Gasteiger partial charge on any atom is -0.496 e. The van der Waals surface area contributed by atoms with Gasteiger partial charge in [-0.25, -0.2) is 12.7 Å². The second kappa shape index (κ2) is 6.88. The van der Waals surface area contributed by atoms with Crippen molar-refractivity contribution >= 4 is 10.0 Å². The van der Waals surface area contributed by atoms with Gasteiger partial charge >= 0.3 is 0 Å². The number of ether oxygens (including phenoxy) is 1. The Morgan fingerprint density at radius 2 is 2.00 bits per heavy atom. The van der Waals surface area contributed by atoms with E-state index >= 15 is 0 Å². The van der Waals surface area contributed by atoms with Crippen LogP contribution in [0.2, 0.25) is 0 Å². The average Bonchev–Trinajstić information content (AvgIpc) is 2.39. The number of nitrogens with zero attached hydrogens (tertiary/aromatic N) is 1. The van der Waals surface area contributed by atoms with Crippen LogP contribution in [0.15, 0.2) is 24.3 Å². The van der Waals surface area contributed by atoms with Crippen molar-refractivity contribution < 1.29 is 13.2 Å². The van der Waals surface area contributed by atoms with Crippen molar-refractivity contribution in [2.75, 3.05) is 27.7 Å². The quantitative estimate of drug-likeness (QED) is 0.814. The van der Waals surface area contributed by atoms with Crippen molar-refractivity contribution in [3.05, 3.63) is 29.8 Å². The third-order valence-electron chi connectivity index (χ3n) is 3.02. The van der Waals surface area contributed by atoms with Gasteiger partial charge in [-0.15, -0.1) is 0 Å². The molecule has 1 aromatic carbocycles. The molecule has 0 amide bonds. The largest absolute Gasteiger partial charge is 0.496 e. The van der Waals surface area contributed by atoms with E-state index in [-0.39, 0.29) is 0 Å². The summed E-state index contributed by atoms with van der Waals surface area (Å²) in [6, 6.07) is 7.43. The zero-order valence-electron chi connectivity index (χ0n) is 11.9. The van der Waals surface area contributed by atoms with Crippen molar-refractivity contribution in [1.29, 1.82) is 0 Å². The van der Waals surface area contributed by atoms with E-state index in [0.29, 0.717) is 18.8 Å². The lowest BCUT2D eigenvalue weighted by Gasteiger charge is -2.22. The molecule has 1 N–H and O–H groups in total. The Morgan fingerprint density at radius 3 is 2.58 bits per heavy atom. The molecule has 0 fully saturated rings. The molecular formula is C13H22N2O3S. The highest BCUT2D eigenvalue weighted by Gasteiger charge is 2.25. The molecule has 0 aliphatic rings. The Bertz CT molecular complexity index is 502. The highest BCUT2D eigenvalue weighted by atomic mass is 32.2. The van der Waals surface area contributed by atoms with Crippen LogP contribution in [0, 0.1) is 0 Å². The van der Waals surface area contributed by atoms with Crippen LogP contribution in [0.5, 0.6) is 5.75 Å². The first kappa shape index (κ1) is 15.9. The van der Waals surface area contributed by atoms with Crippen LogP contribution in [0.3, 0.4) is 0 Å². The zero-order chi connectivity index (χ0) is 14.5. The molecule has 1 atom stereocenters. The summed E-state index contributed by atoms with van der Waals surface area (Å²) in [5, 5.41) is 2.42. The summed E-state index contributed by atoms with van der Waals surface area (Å²) in [7, 11) is 1.60. The molecule has 0 bridgehead atoms. The molecule has 0 aliphatic carbocycles. The molecule has 0 spiro atoms. The smallest absolute Gasteiger partial charge is 0.218 e. The summed E-state index contributed by atoms with van der Waals surface area (Å²) in [5.41, 5.74) is 0.854. The van der Waals surface area contributed by atoms with Gasteiger partial charge in [0.1, 0.15) is 5.75 Å². The molecule has 0 aromatic heterocycles. The Labute approximate surface area is 115 Å². The number of sulfonamides is 1. The minimum absolute atomic E-state index is 0.306. The van der Waals surface area contributed by atoms with Crippen LogP contribution in [-0.4, -0.2) is 45.7 Å². The van der Waals surface area contributed by atoms with Crippen LogP contribution in [0.4, 0.5) is 0 Å². The molecule has 1 unspecified atom stereocenters. The van der Waals surface area contributed by atoms with Crippen molar-refractivity contribution in [3.63, 3.8) is 0 Å². The van der Waals surface area contributed by atoms with Crippen molar-refractivity contribution in [3.8, 4) is 5.75 Å². The van der Waals surface area contributed by atoms with Gasteiger partial charge in [-0.2, -0.15) is 0 Å². The second-order valence-electron chi connectivity index (χ2n) is 4.48. The lowest BCUT2D eigenvalue weighted by Crippen LogP contribution is -2.39. The summed E-state index contributed by atoms with van der Waals surface area (Å²) >= 11 is 0. The Balaban J connectivity index is 2.87. The predicted molar refractivity (Wildman–Crippen MR) is 76.8 cm³/mol. The van der Waals surface area contributed by atoms with E-state index in [2.05, 4.69) is 5.32 Å². The summed E-state index contributed by atoms with van der Waals surface area (Å²) in [6.07, 6.45) is 0. The SMILES string of the molecule is CNCC(C)S(=O)(=O)N(C)Cc1ccccc1OC. The average molecular weight is 286 g/mol. The lowest BCUT2D eigenvalue weighted by molar-refractivity contribution is 0.396. The van der Waals surface area contributed by atoms with Crippen LogP contribution >= 0.6 is 0 Å². The molecule has 0 aliphatic heterocycles. The maximum absolute atomic E-state index is 12.3. The van der Waals surface area contributed by atoms with E-state index in [1.165, 1.54) is 4.31 Å². The molecule has 1 rings (SSSR count). The highest BCUT2D eigenvalue weighted by molar-refractivity contribution is 7.89. The number of hydrogen-bond acceptors (Lipinski definition) is 4. The van der Waals surface area contributed by atoms with Crippen LogP contribution in [0.25, 0.3) is 0 Å². The third kappa shape index (κ3) is 3.92. The Morgan fingerprint density at radius 1 is 1.37 bits per heavy atom. The van der Waals surface area contributed by atoms with Gasteiger partial charge in [0.25, 0.3) is 0 Å². The van der Waals surface area contributed by atoms with Gasteiger partial charge in [0.2, 0.25) is 10.0 Å². The molecule has 6 heteroatoms. The first-order valence-corrected chi connectivity index (χ1v) is 7.65. The highest BCUT2D eigenvalue weighted by Crippen LogP contribution is 2.20. The summed E-state index contributed by atoms with van der Waals surface area (Å²) in [5.74, 6) is 0.700. The minimum atomic E-state index is -3.31.